The molecule has 0 saturated carbocycles. The van der Waals surface area contributed by atoms with Crippen molar-refractivity contribution in [3.8, 4) is 0 Å². The van der Waals surface area contributed by atoms with E-state index in [0.717, 1.165) is 0 Å². The van der Waals surface area contributed by atoms with E-state index in [1.165, 1.54) is 0 Å². The second kappa shape index (κ2) is 4.19. The van der Waals surface area contributed by atoms with E-state index in [9.17, 15) is 61.5 Å². The Hall–Kier alpha value is -1.24. The molecule has 0 aromatic heterocycles. The molecule has 0 heterocycles. The molecule has 130 valence electrons. The molecule has 0 spiro atoms. The van der Waals surface area contributed by atoms with Crippen LogP contribution >= 0.6 is 0 Å². The zero-order chi connectivity index (χ0) is 18.2. The largest absolute Gasteiger partial charge is 0.416 e. The maximum Gasteiger partial charge on any atom is 0.416 e. The Balaban J connectivity index is 3.97. The molecule has 0 saturated heterocycles. The number of hydrogen-bond acceptors (Lipinski definition) is 0. The van der Waals surface area contributed by atoms with Crippen molar-refractivity contribution in [1.29, 1.82) is 0 Å². The maximum atomic E-state index is 12.8. The van der Waals surface area contributed by atoms with Crippen LogP contribution in [-0.2, 0) is 0 Å². The van der Waals surface area contributed by atoms with Gasteiger partial charge in [0.25, 0.3) is 5.41 Å². The SMILES string of the molecule is FC1=C(C(C(F)(F)F)(C(F)(F)F)C(F)(F)F)C(F)(F)C1(F)F. The predicted molar refractivity (Wildman–Crippen MR) is 38.6 cm³/mol. The lowest BCUT2D eigenvalue weighted by molar-refractivity contribution is -0.425. The molecule has 14 heteroatoms. The summed E-state index contributed by atoms with van der Waals surface area (Å²) in [5.74, 6) is -17.0. The normalized spacial score (nSPS) is 22.6. The third-order valence-electron chi connectivity index (χ3n) is 2.85. The van der Waals surface area contributed by atoms with Gasteiger partial charge in [-0.2, -0.15) is 57.1 Å². The van der Waals surface area contributed by atoms with Gasteiger partial charge in [0.1, 0.15) is 0 Å². The van der Waals surface area contributed by atoms with Crippen LogP contribution in [0, 0.1) is 5.41 Å². The lowest BCUT2D eigenvalue weighted by atomic mass is 9.66. The van der Waals surface area contributed by atoms with Gasteiger partial charge in [-0.1, -0.05) is 0 Å². The molecule has 0 fully saturated rings. The highest BCUT2D eigenvalue weighted by Crippen LogP contribution is 2.72. The van der Waals surface area contributed by atoms with E-state index in [1.807, 2.05) is 0 Å². The van der Waals surface area contributed by atoms with Crippen molar-refractivity contribution in [2.45, 2.75) is 30.4 Å². The Morgan fingerprint density at radius 1 is 0.545 bits per heavy atom. The van der Waals surface area contributed by atoms with Crippen molar-refractivity contribution in [2.24, 2.45) is 5.41 Å². The van der Waals surface area contributed by atoms with Gasteiger partial charge < -0.3 is 0 Å². The number of alkyl halides is 13. The average Bonchev–Trinajstić information content (AvgIpc) is 2.18. The summed E-state index contributed by atoms with van der Waals surface area (Å²) in [6.45, 7) is 0. The summed E-state index contributed by atoms with van der Waals surface area (Å²) in [4.78, 5) is 0. The molecule has 0 aromatic rings. The summed E-state index contributed by atoms with van der Waals surface area (Å²) in [7, 11) is 0. The molecule has 0 nitrogen and oxygen atoms in total. The Morgan fingerprint density at radius 3 is 1.00 bits per heavy atom. The highest BCUT2D eigenvalue weighted by Gasteiger charge is 2.93. The van der Waals surface area contributed by atoms with E-state index in [1.54, 1.807) is 0 Å². The molecule has 0 aromatic carbocycles. The molecule has 0 bridgehead atoms. The van der Waals surface area contributed by atoms with Crippen LogP contribution in [0.15, 0.2) is 11.4 Å². The van der Waals surface area contributed by atoms with Gasteiger partial charge in [0.05, 0.1) is 5.57 Å². The molecular formula is C8F14. The van der Waals surface area contributed by atoms with Crippen molar-refractivity contribution < 1.29 is 61.5 Å². The lowest BCUT2D eigenvalue weighted by Gasteiger charge is -2.48. The second-order valence-electron chi connectivity index (χ2n) is 4.08. The summed E-state index contributed by atoms with van der Waals surface area (Å²) in [6.07, 6.45) is -22.8. The van der Waals surface area contributed by atoms with Crippen LogP contribution in [-0.4, -0.2) is 30.4 Å². The van der Waals surface area contributed by atoms with E-state index in [2.05, 4.69) is 0 Å². The molecule has 0 amide bonds. The van der Waals surface area contributed by atoms with Crippen molar-refractivity contribution >= 4 is 0 Å². The quantitative estimate of drug-likeness (QED) is 0.565. The van der Waals surface area contributed by atoms with Crippen molar-refractivity contribution in [2.75, 3.05) is 0 Å². The van der Waals surface area contributed by atoms with Gasteiger partial charge in [0.2, 0.25) is 0 Å². The Kier molecular flexibility index (Phi) is 3.58. The first-order valence-corrected chi connectivity index (χ1v) is 4.65. The third kappa shape index (κ3) is 1.84. The Labute approximate surface area is 110 Å². The minimum atomic E-state index is -7.60. The van der Waals surface area contributed by atoms with E-state index in [0.29, 0.717) is 0 Å². The monoisotopic (exact) mass is 362 g/mol. The van der Waals surface area contributed by atoms with Gasteiger partial charge in [-0.15, -0.1) is 0 Å². The molecule has 0 atom stereocenters. The standard InChI is InChI=1S/C8F14/c9-2-1(4(10,11)5(2,12)13)3(6(14,15)16,7(17,18)19)8(20,21)22. The molecule has 1 rings (SSSR count). The smallest absolute Gasteiger partial charge is 0.205 e. The summed E-state index contributed by atoms with van der Waals surface area (Å²) in [5.41, 5.74) is -11.9. The van der Waals surface area contributed by atoms with Crippen LogP contribution in [0.4, 0.5) is 61.5 Å². The highest BCUT2D eigenvalue weighted by atomic mass is 19.4. The van der Waals surface area contributed by atoms with Crippen molar-refractivity contribution in [3.63, 3.8) is 0 Å². The molecule has 0 N–H and O–H groups in total. The topological polar surface area (TPSA) is 0 Å². The first kappa shape index (κ1) is 18.8. The Bertz CT molecular complexity index is 460. The van der Waals surface area contributed by atoms with Crippen LogP contribution in [0.3, 0.4) is 0 Å². The zero-order valence-electron chi connectivity index (χ0n) is 9.29. The highest BCUT2D eigenvalue weighted by molar-refractivity contribution is 5.47. The molecule has 22 heavy (non-hydrogen) atoms. The Morgan fingerprint density at radius 2 is 0.818 bits per heavy atom. The molecular weight excluding hydrogens is 362 g/mol. The first-order valence-electron chi connectivity index (χ1n) is 4.65. The van der Waals surface area contributed by atoms with Gasteiger partial charge in [0.15, 0.2) is 5.83 Å². The summed E-state index contributed by atoms with van der Waals surface area (Å²) in [6, 6.07) is 0. The minimum Gasteiger partial charge on any atom is -0.205 e. The van der Waals surface area contributed by atoms with E-state index >= 15 is 0 Å². The van der Waals surface area contributed by atoms with E-state index < -0.39 is 47.2 Å². The molecule has 0 unspecified atom stereocenters. The molecule has 0 radical (unpaired) electrons. The lowest BCUT2D eigenvalue weighted by Crippen LogP contribution is -2.69. The molecule has 1 aliphatic rings. The van der Waals surface area contributed by atoms with Crippen LogP contribution < -0.4 is 0 Å². The van der Waals surface area contributed by atoms with Crippen LogP contribution in [0.25, 0.3) is 0 Å². The fraction of sp³-hybridized carbons (Fsp3) is 0.750. The minimum absolute atomic E-state index is 4.12. The van der Waals surface area contributed by atoms with Gasteiger partial charge >= 0.3 is 30.4 Å². The van der Waals surface area contributed by atoms with Crippen LogP contribution in [0.5, 0.6) is 0 Å². The summed E-state index contributed by atoms with van der Waals surface area (Å²) < 4.78 is 174. The molecule has 1 aliphatic carbocycles. The third-order valence-corrected chi connectivity index (χ3v) is 2.85. The van der Waals surface area contributed by atoms with Crippen LogP contribution in [0.2, 0.25) is 0 Å². The predicted octanol–water partition coefficient (Wildman–Crippen LogP) is 5.17. The number of allylic oxidation sites excluding steroid dienone is 2. The number of rotatable bonds is 1. The van der Waals surface area contributed by atoms with Crippen LogP contribution in [0.1, 0.15) is 0 Å². The zero-order valence-corrected chi connectivity index (χ0v) is 9.29. The average molecular weight is 362 g/mol. The second-order valence-corrected chi connectivity index (χ2v) is 4.08. The number of halogens is 14. The fourth-order valence-corrected chi connectivity index (χ4v) is 1.83. The first-order chi connectivity index (χ1) is 9.28. The van der Waals surface area contributed by atoms with Gasteiger partial charge in [-0.25, -0.2) is 4.39 Å². The molecule has 0 aliphatic heterocycles. The summed E-state index contributed by atoms with van der Waals surface area (Å²) >= 11 is 0. The maximum absolute atomic E-state index is 12.8. The number of hydrogen-bond donors (Lipinski definition) is 0. The van der Waals surface area contributed by atoms with Gasteiger partial charge in [0, 0.05) is 0 Å². The van der Waals surface area contributed by atoms with E-state index in [-0.39, 0.29) is 0 Å². The van der Waals surface area contributed by atoms with Crippen molar-refractivity contribution in [1.82, 2.24) is 0 Å². The van der Waals surface area contributed by atoms with Gasteiger partial charge in [-0.3, -0.25) is 0 Å². The van der Waals surface area contributed by atoms with Crippen molar-refractivity contribution in [3.05, 3.63) is 11.4 Å². The fourth-order valence-electron chi connectivity index (χ4n) is 1.83. The van der Waals surface area contributed by atoms with Gasteiger partial charge in [-0.05, 0) is 0 Å². The van der Waals surface area contributed by atoms with E-state index in [4.69, 9.17) is 0 Å². The summed E-state index contributed by atoms with van der Waals surface area (Å²) in [5, 5.41) is 0.